The van der Waals surface area contributed by atoms with Crippen LogP contribution in [-0.4, -0.2) is 79.1 Å². The van der Waals surface area contributed by atoms with Gasteiger partial charge in [0.15, 0.2) is 0 Å². The number of hydrogen-bond acceptors (Lipinski definition) is 5. The first-order chi connectivity index (χ1) is 10.2. The van der Waals surface area contributed by atoms with E-state index in [4.69, 9.17) is 9.15 Å². The van der Waals surface area contributed by atoms with Gasteiger partial charge in [-0.05, 0) is 6.07 Å². The Morgan fingerprint density at radius 2 is 1.95 bits per heavy atom. The van der Waals surface area contributed by atoms with Crippen LogP contribution in [0.15, 0.2) is 23.0 Å². The van der Waals surface area contributed by atoms with Crippen molar-refractivity contribution in [2.75, 3.05) is 52.4 Å². The number of nitrogens with zero attached hydrogens (tertiary/aromatic N) is 3. The zero-order chi connectivity index (χ0) is 14.7. The molecule has 21 heavy (non-hydrogen) atoms. The van der Waals surface area contributed by atoms with Gasteiger partial charge < -0.3 is 19.0 Å². The number of amides is 2. The highest BCUT2D eigenvalue weighted by Crippen LogP contribution is 2.10. The summed E-state index contributed by atoms with van der Waals surface area (Å²) in [4.78, 5) is 29.3. The van der Waals surface area contributed by atoms with E-state index in [2.05, 4.69) is 4.90 Å². The second-order valence-electron chi connectivity index (χ2n) is 5.25. The standard InChI is InChI=1S/C14H19N3O4/c18-13(12-1-9-20-11-12)16-5-2-15(3-6-16)4-7-17-8-10-21-14(17)19/h1,9,11H,2-8,10H2. The largest absolute Gasteiger partial charge is 0.472 e. The molecule has 0 aliphatic carbocycles. The Labute approximate surface area is 123 Å². The molecule has 3 heterocycles. The lowest BCUT2D eigenvalue weighted by atomic mass is 10.2. The molecule has 1 aromatic heterocycles. The van der Waals surface area contributed by atoms with E-state index in [1.54, 1.807) is 11.0 Å². The van der Waals surface area contributed by atoms with Crippen molar-refractivity contribution >= 4 is 12.0 Å². The molecule has 114 valence electrons. The Hall–Kier alpha value is -2.02. The highest BCUT2D eigenvalue weighted by Gasteiger charge is 2.25. The first-order valence-corrected chi connectivity index (χ1v) is 7.19. The minimum atomic E-state index is -0.219. The molecular formula is C14H19N3O4. The maximum Gasteiger partial charge on any atom is 0.409 e. The quantitative estimate of drug-likeness (QED) is 0.808. The average molecular weight is 293 g/mol. The predicted octanol–water partition coefficient (Wildman–Crippen LogP) is 0.490. The van der Waals surface area contributed by atoms with Gasteiger partial charge in [0, 0.05) is 39.3 Å². The van der Waals surface area contributed by atoms with E-state index in [1.807, 2.05) is 4.90 Å². The van der Waals surface area contributed by atoms with Gasteiger partial charge in [-0.15, -0.1) is 0 Å². The van der Waals surface area contributed by atoms with Gasteiger partial charge in [-0.3, -0.25) is 9.69 Å². The SMILES string of the molecule is O=C1OCCN1CCN1CCN(C(=O)c2ccoc2)CC1. The maximum absolute atomic E-state index is 12.2. The van der Waals surface area contributed by atoms with Crippen LogP contribution in [0.2, 0.25) is 0 Å². The normalized spacial score (nSPS) is 19.9. The number of rotatable bonds is 4. The summed E-state index contributed by atoms with van der Waals surface area (Å²) in [5.74, 6) is 0.0199. The van der Waals surface area contributed by atoms with Crippen LogP contribution in [-0.2, 0) is 4.74 Å². The van der Waals surface area contributed by atoms with Gasteiger partial charge in [0.05, 0.1) is 18.4 Å². The molecule has 7 nitrogen and oxygen atoms in total. The van der Waals surface area contributed by atoms with Crippen molar-refractivity contribution in [1.29, 1.82) is 0 Å². The number of cyclic esters (lactones) is 1. The van der Waals surface area contributed by atoms with Crippen LogP contribution in [0.3, 0.4) is 0 Å². The highest BCUT2D eigenvalue weighted by atomic mass is 16.6. The lowest BCUT2D eigenvalue weighted by Crippen LogP contribution is -2.50. The monoisotopic (exact) mass is 293 g/mol. The molecule has 2 aliphatic heterocycles. The maximum atomic E-state index is 12.2. The van der Waals surface area contributed by atoms with Crippen molar-refractivity contribution in [3.05, 3.63) is 24.2 Å². The Morgan fingerprint density at radius 3 is 2.57 bits per heavy atom. The lowest BCUT2D eigenvalue weighted by Gasteiger charge is -2.35. The predicted molar refractivity (Wildman–Crippen MR) is 74.0 cm³/mol. The molecule has 2 aliphatic rings. The molecule has 0 unspecified atom stereocenters. The van der Waals surface area contributed by atoms with Crippen LogP contribution in [0.4, 0.5) is 4.79 Å². The van der Waals surface area contributed by atoms with E-state index in [0.717, 1.165) is 19.6 Å². The minimum absolute atomic E-state index is 0.0199. The van der Waals surface area contributed by atoms with Crippen LogP contribution >= 0.6 is 0 Å². The van der Waals surface area contributed by atoms with Crippen LogP contribution in [0.5, 0.6) is 0 Å². The minimum Gasteiger partial charge on any atom is -0.472 e. The summed E-state index contributed by atoms with van der Waals surface area (Å²) in [6, 6.07) is 1.69. The van der Waals surface area contributed by atoms with E-state index < -0.39 is 0 Å². The molecule has 0 bridgehead atoms. The smallest absolute Gasteiger partial charge is 0.409 e. The number of furan rings is 1. The van der Waals surface area contributed by atoms with Crippen LogP contribution in [0.1, 0.15) is 10.4 Å². The molecule has 2 saturated heterocycles. The first kappa shape index (κ1) is 13.9. The molecule has 0 N–H and O–H groups in total. The first-order valence-electron chi connectivity index (χ1n) is 7.19. The molecule has 0 radical (unpaired) electrons. The van der Waals surface area contributed by atoms with Crippen molar-refractivity contribution in [3.8, 4) is 0 Å². The van der Waals surface area contributed by atoms with Gasteiger partial charge in [-0.1, -0.05) is 0 Å². The molecule has 0 aromatic carbocycles. The molecule has 0 saturated carbocycles. The Bertz CT molecular complexity index is 494. The molecular weight excluding hydrogens is 274 g/mol. The van der Waals surface area contributed by atoms with E-state index in [9.17, 15) is 9.59 Å². The van der Waals surface area contributed by atoms with Crippen molar-refractivity contribution < 1.29 is 18.7 Å². The van der Waals surface area contributed by atoms with Crippen molar-refractivity contribution in [3.63, 3.8) is 0 Å². The van der Waals surface area contributed by atoms with Gasteiger partial charge in [-0.25, -0.2) is 4.79 Å². The van der Waals surface area contributed by atoms with Gasteiger partial charge in [0.1, 0.15) is 12.9 Å². The van der Waals surface area contributed by atoms with Crippen molar-refractivity contribution in [2.24, 2.45) is 0 Å². The fraction of sp³-hybridized carbons (Fsp3) is 0.571. The second-order valence-corrected chi connectivity index (χ2v) is 5.25. The van der Waals surface area contributed by atoms with E-state index >= 15 is 0 Å². The second kappa shape index (κ2) is 6.17. The van der Waals surface area contributed by atoms with Gasteiger partial charge in [-0.2, -0.15) is 0 Å². The molecule has 0 spiro atoms. The van der Waals surface area contributed by atoms with Crippen LogP contribution < -0.4 is 0 Å². The van der Waals surface area contributed by atoms with Crippen LogP contribution in [0.25, 0.3) is 0 Å². The zero-order valence-corrected chi connectivity index (χ0v) is 11.9. The van der Waals surface area contributed by atoms with Crippen molar-refractivity contribution in [1.82, 2.24) is 14.7 Å². The topological polar surface area (TPSA) is 66.2 Å². The van der Waals surface area contributed by atoms with Gasteiger partial charge in [0.25, 0.3) is 5.91 Å². The average Bonchev–Trinajstić information content (AvgIpc) is 3.17. The third-order valence-electron chi connectivity index (χ3n) is 3.96. The summed E-state index contributed by atoms with van der Waals surface area (Å²) >= 11 is 0. The van der Waals surface area contributed by atoms with Crippen molar-refractivity contribution in [2.45, 2.75) is 0 Å². The molecule has 7 heteroatoms. The number of carbonyl (C=O) groups excluding carboxylic acids is 2. The lowest BCUT2D eigenvalue weighted by molar-refractivity contribution is 0.0629. The van der Waals surface area contributed by atoms with Gasteiger partial charge >= 0.3 is 6.09 Å². The van der Waals surface area contributed by atoms with E-state index in [0.29, 0.717) is 38.3 Å². The molecule has 0 atom stereocenters. The number of piperazine rings is 1. The summed E-state index contributed by atoms with van der Waals surface area (Å²) in [6.45, 7) is 5.74. The number of ether oxygens (including phenoxy) is 1. The fourth-order valence-electron chi connectivity index (χ4n) is 2.63. The number of carbonyl (C=O) groups is 2. The molecule has 2 fully saturated rings. The third-order valence-corrected chi connectivity index (χ3v) is 3.96. The summed E-state index contributed by atoms with van der Waals surface area (Å²) < 4.78 is 9.85. The van der Waals surface area contributed by atoms with Gasteiger partial charge in [0.2, 0.25) is 0 Å². The van der Waals surface area contributed by atoms with E-state index in [1.165, 1.54) is 12.5 Å². The molecule has 2 amide bonds. The number of hydrogen-bond donors (Lipinski definition) is 0. The zero-order valence-electron chi connectivity index (χ0n) is 11.9. The fourth-order valence-corrected chi connectivity index (χ4v) is 2.63. The Balaban J connectivity index is 1.43. The third kappa shape index (κ3) is 3.18. The molecule has 3 rings (SSSR count). The summed E-state index contributed by atoms with van der Waals surface area (Å²) in [5, 5.41) is 0. The summed E-state index contributed by atoms with van der Waals surface area (Å²) in [5.41, 5.74) is 0.600. The summed E-state index contributed by atoms with van der Waals surface area (Å²) in [7, 11) is 0. The highest BCUT2D eigenvalue weighted by molar-refractivity contribution is 5.93. The Morgan fingerprint density at radius 1 is 1.14 bits per heavy atom. The summed E-state index contributed by atoms with van der Waals surface area (Å²) in [6.07, 6.45) is 2.77. The van der Waals surface area contributed by atoms with Crippen LogP contribution in [0, 0.1) is 0 Å². The Kier molecular flexibility index (Phi) is 4.10. The molecule has 1 aromatic rings. The van der Waals surface area contributed by atoms with E-state index in [-0.39, 0.29) is 12.0 Å².